The zero-order valence-corrected chi connectivity index (χ0v) is 16.4. The fraction of sp³-hybridized carbons (Fsp3) is 0.250. The lowest BCUT2D eigenvalue weighted by Crippen LogP contribution is -2.47. The van der Waals surface area contributed by atoms with Crippen molar-refractivity contribution < 1.29 is 10.2 Å². The summed E-state index contributed by atoms with van der Waals surface area (Å²) in [6.45, 7) is 4.10. The third-order valence-electron chi connectivity index (χ3n) is 6.58. The molecule has 5 heteroatoms. The molecule has 3 aromatic carbocycles. The van der Waals surface area contributed by atoms with E-state index in [1.165, 1.54) is 0 Å². The van der Waals surface area contributed by atoms with Gasteiger partial charge in [-0.05, 0) is 17.2 Å². The number of nitrogens with zero attached hydrogens (tertiary/aromatic N) is 1. The zero-order valence-electron chi connectivity index (χ0n) is 16.4. The van der Waals surface area contributed by atoms with Crippen molar-refractivity contribution >= 4 is 17.0 Å². The Hall–Kier alpha value is -3.18. The molecule has 0 amide bonds. The first kappa shape index (κ1) is 17.9. The van der Waals surface area contributed by atoms with Crippen LogP contribution in [0, 0.1) is 0 Å². The van der Waals surface area contributed by atoms with Crippen LogP contribution in [0.25, 0.3) is 11.3 Å². The average Bonchev–Trinajstić information content (AvgIpc) is 3.08. The van der Waals surface area contributed by atoms with E-state index in [1.807, 2.05) is 36.2 Å². The number of para-hydroxylation sites is 1. The molecular weight excluding hydrogens is 366 g/mol. The van der Waals surface area contributed by atoms with Crippen molar-refractivity contribution in [3.63, 3.8) is 0 Å². The maximum atomic E-state index is 12.8. The monoisotopic (exact) mass is 387 g/mol. The first-order valence-electron chi connectivity index (χ1n) is 9.63. The molecule has 5 nitrogen and oxygen atoms in total. The normalized spacial score (nSPS) is 22.3. The van der Waals surface area contributed by atoms with Crippen molar-refractivity contribution in [2.45, 2.75) is 31.4 Å². The predicted molar refractivity (Wildman–Crippen MR) is 113 cm³/mol. The topological polar surface area (TPSA) is 77.8 Å². The number of hydrogen-bond donors (Lipinski definition) is 2. The second kappa shape index (κ2) is 5.67. The first-order chi connectivity index (χ1) is 13.8. The molecule has 1 aliphatic carbocycles. The van der Waals surface area contributed by atoms with Crippen LogP contribution in [-0.2, 0) is 5.41 Å². The number of benzene rings is 2. The fourth-order valence-electron chi connectivity index (χ4n) is 5.22. The molecule has 0 saturated heterocycles. The van der Waals surface area contributed by atoms with E-state index in [2.05, 4.69) is 13.8 Å². The molecule has 2 atom stereocenters. The molecule has 1 heterocycles. The summed E-state index contributed by atoms with van der Waals surface area (Å²) in [6.07, 6.45) is -1.13. The molecule has 0 fully saturated rings. The van der Waals surface area contributed by atoms with E-state index in [1.54, 1.807) is 24.3 Å². The van der Waals surface area contributed by atoms with Gasteiger partial charge in [-0.25, -0.2) is 0 Å². The van der Waals surface area contributed by atoms with E-state index < -0.39 is 22.4 Å². The molecule has 0 bridgehead atoms. The second-order valence-corrected chi connectivity index (χ2v) is 8.45. The van der Waals surface area contributed by atoms with Gasteiger partial charge in [-0.2, -0.15) is 0 Å². The molecule has 5 rings (SSSR count). The van der Waals surface area contributed by atoms with Crippen molar-refractivity contribution in [1.82, 2.24) is 0 Å². The van der Waals surface area contributed by atoms with Crippen LogP contribution >= 0.6 is 0 Å². The molecule has 0 spiro atoms. The van der Waals surface area contributed by atoms with Crippen LogP contribution in [0.5, 0.6) is 0 Å². The molecule has 29 heavy (non-hydrogen) atoms. The average molecular weight is 387 g/mol. The van der Waals surface area contributed by atoms with Crippen molar-refractivity contribution in [2.24, 2.45) is 0 Å². The number of hydrogen-bond acceptors (Lipinski definition) is 5. The lowest BCUT2D eigenvalue weighted by molar-refractivity contribution is 0.240. The largest absolute Gasteiger partial charge is 0.507 e. The second-order valence-electron chi connectivity index (χ2n) is 8.45. The molecule has 0 saturated carbocycles. The number of fused-ring (bicyclic) bond motifs is 2. The Morgan fingerprint density at radius 1 is 0.966 bits per heavy atom. The molecular formula is C24H21NO4. The fourth-order valence-corrected chi connectivity index (χ4v) is 5.22. The van der Waals surface area contributed by atoms with Gasteiger partial charge in [-0.3, -0.25) is 9.59 Å². The molecule has 3 aromatic rings. The van der Waals surface area contributed by atoms with Crippen LogP contribution in [0.3, 0.4) is 0 Å². The van der Waals surface area contributed by atoms with E-state index in [4.69, 9.17) is 0 Å². The van der Waals surface area contributed by atoms with Crippen LogP contribution < -0.4 is 15.8 Å². The van der Waals surface area contributed by atoms with E-state index in [0.29, 0.717) is 16.7 Å². The van der Waals surface area contributed by atoms with Gasteiger partial charge in [-0.1, -0.05) is 56.3 Å². The molecule has 2 unspecified atom stereocenters. The Bertz CT molecular complexity index is 1280. The standard InChI is InChI=1S/C24H21NO4/c1-24(2)14-10-6-7-11-15(14)25(3)23(24)18-16(21(28)22(18)29)17-19(26)12-8-4-5-9-13(12)20(17)27/h4-11,19,23,26-27H,1-3H3. The van der Waals surface area contributed by atoms with E-state index >= 15 is 0 Å². The predicted octanol–water partition coefficient (Wildman–Crippen LogP) is 3.22. The van der Waals surface area contributed by atoms with Gasteiger partial charge in [0.25, 0.3) is 0 Å². The smallest absolute Gasteiger partial charge is 0.234 e. The van der Waals surface area contributed by atoms with E-state index in [9.17, 15) is 19.8 Å². The minimum atomic E-state index is -1.13. The van der Waals surface area contributed by atoms with Gasteiger partial charge in [0, 0.05) is 40.4 Å². The van der Waals surface area contributed by atoms with Gasteiger partial charge in [0.15, 0.2) is 0 Å². The highest BCUT2D eigenvalue weighted by atomic mass is 16.3. The van der Waals surface area contributed by atoms with Crippen molar-refractivity contribution in [2.75, 3.05) is 11.9 Å². The van der Waals surface area contributed by atoms with Gasteiger partial charge in [0.2, 0.25) is 10.9 Å². The van der Waals surface area contributed by atoms with Crippen molar-refractivity contribution in [1.29, 1.82) is 0 Å². The lowest BCUT2D eigenvalue weighted by Gasteiger charge is -2.34. The molecule has 0 radical (unpaired) electrons. The number of likely N-dealkylation sites (N-methyl/N-ethyl adjacent to an activating group) is 1. The summed E-state index contributed by atoms with van der Waals surface area (Å²) in [4.78, 5) is 27.4. The Labute approximate surface area is 167 Å². The van der Waals surface area contributed by atoms with Crippen LogP contribution in [0.15, 0.2) is 58.1 Å². The van der Waals surface area contributed by atoms with Crippen molar-refractivity contribution in [3.05, 3.63) is 96.8 Å². The van der Waals surface area contributed by atoms with Gasteiger partial charge >= 0.3 is 0 Å². The lowest BCUT2D eigenvalue weighted by atomic mass is 9.73. The number of aliphatic hydroxyl groups excluding tert-OH is 2. The highest BCUT2D eigenvalue weighted by Gasteiger charge is 2.49. The van der Waals surface area contributed by atoms with Gasteiger partial charge < -0.3 is 15.1 Å². The molecule has 2 N–H and O–H groups in total. The van der Waals surface area contributed by atoms with Crippen molar-refractivity contribution in [3.8, 4) is 0 Å². The summed E-state index contributed by atoms with van der Waals surface area (Å²) in [5.74, 6) is -0.127. The van der Waals surface area contributed by atoms with Gasteiger partial charge in [-0.15, -0.1) is 0 Å². The Morgan fingerprint density at radius 3 is 2.31 bits per heavy atom. The summed E-state index contributed by atoms with van der Waals surface area (Å²) >= 11 is 0. The Balaban J connectivity index is 1.71. The highest BCUT2D eigenvalue weighted by Crippen LogP contribution is 2.53. The van der Waals surface area contributed by atoms with Crippen LogP contribution in [0.4, 0.5) is 5.69 Å². The SMILES string of the molecule is CN1c2ccccc2C(C)(C)C1c1c(C2=C(O)c3ccccc3C2O)c(=O)c1=O. The number of aliphatic hydroxyl groups is 2. The molecule has 146 valence electrons. The van der Waals surface area contributed by atoms with Crippen LogP contribution in [0.1, 0.15) is 53.8 Å². The third kappa shape index (κ3) is 2.08. The summed E-state index contributed by atoms with van der Waals surface area (Å²) < 4.78 is 0. The number of rotatable bonds is 2. The maximum Gasteiger partial charge on any atom is 0.234 e. The minimum Gasteiger partial charge on any atom is -0.507 e. The van der Waals surface area contributed by atoms with E-state index in [0.717, 1.165) is 11.3 Å². The highest BCUT2D eigenvalue weighted by molar-refractivity contribution is 5.97. The molecule has 1 aliphatic heterocycles. The molecule has 2 aliphatic rings. The number of anilines is 1. The summed E-state index contributed by atoms with van der Waals surface area (Å²) in [5, 5.41) is 21.6. The first-order valence-corrected chi connectivity index (χ1v) is 9.63. The van der Waals surface area contributed by atoms with E-state index in [-0.39, 0.29) is 22.9 Å². The summed E-state index contributed by atoms with van der Waals surface area (Å²) in [5.41, 5.74) is 2.21. The van der Waals surface area contributed by atoms with Gasteiger partial charge in [0.05, 0.1) is 6.04 Å². The van der Waals surface area contributed by atoms with Gasteiger partial charge in [0.1, 0.15) is 11.9 Å². The minimum absolute atomic E-state index is 0.127. The quantitative estimate of drug-likeness (QED) is 0.660. The Kier molecular flexibility index (Phi) is 3.50. The van der Waals surface area contributed by atoms with Crippen LogP contribution in [-0.4, -0.2) is 17.3 Å². The third-order valence-corrected chi connectivity index (χ3v) is 6.58. The van der Waals surface area contributed by atoms with Crippen LogP contribution in [0.2, 0.25) is 0 Å². The summed E-state index contributed by atoms with van der Waals surface area (Å²) in [7, 11) is 1.91. The summed E-state index contributed by atoms with van der Waals surface area (Å²) in [6, 6.07) is 14.5. The molecule has 0 aromatic heterocycles. The Morgan fingerprint density at radius 2 is 1.62 bits per heavy atom. The zero-order chi connectivity index (χ0) is 20.7. The maximum absolute atomic E-state index is 12.8.